The average Bonchev–Trinajstić information content (AvgIpc) is 2.26. The third-order valence-corrected chi connectivity index (χ3v) is 4.49. The summed E-state index contributed by atoms with van der Waals surface area (Å²) in [6.45, 7) is 3.22. The van der Waals surface area contributed by atoms with Gasteiger partial charge in [0.25, 0.3) is 0 Å². The second kappa shape index (κ2) is 5.91. The number of benzene rings is 1. The predicted octanol–water partition coefficient (Wildman–Crippen LogP) is 3.39. The van der Waals surface area contributed by atoms with E-state index in [-0.39, 0.29) is 5.88 Å². The molecule has 0 amide bonds. The number of alkyl halides is 4. The summed E-state index contributed by atoms with van der Waals surface area (Å²) in [6, 6.07) is 3.61. The monoisotopic (exact) mass is 329 g/mol. The van der Waals surface area contributed by atoms with Gasteiger partial charge in [-0.1, -0.05) is 6.07 Å². The van der Waals surface area contributed by atoms with E-state index in [9.17, 15) is 21.6 Å². The lowest BCUT2D eigenvalue weighted by Crippen LogP contribution is -2.43. The summed E-state index contributed by atoms with van der Waals surface area (Å²) in [4.78, 5) is -0.421. The quantitative estimate of drug-likeness (QED) is 0.842. The fraction of sp³-hybridized carbons (Fsp3) is 0.500. The third-order valence-electron chi connectivity index (χ3n) is 2.60. The van der Waals surface area contributed by atoms with Crippen LogP contribution in [0.3, 0.4) is 0 Å². The zero-order chi connectivity index (χ0) is 15.6. The van der Waals surface area contributed by atoms with Crippen LogP contribution in [0, 0.1) is 0 Å². The molecule has 0 atom stereocenters. The van der Waals surface area contributed by atoms with Gasteiger partial charge in [0, 0.05) is 11.4 Å². The fourth-order valence-corrected chi connectivity index (χ4v) is 3.51. The third kappa shape index (κ3) is 4.64. The maximum atomic E-state index is 12.6. The van der Waals surface area contributed by atoms with Crippen LogP contribution >= 0.6 is 11.6 Å². The maximum absolute atomic E-state index is 12.6. The Morgan fingerprint density at radius 2 is 1.85 bits per heavy atom. The molecule has 0 saturated heterocycles. The average molecular weight is 330 g/mol. The summed E-state index contributed by atoms with van der Waals surface area (Å²) in [5.41, 5.74) is -1.84. The zero-order valence-corrected chi connectivity index (χ0v) is 12.5. The van der Waals surface area contributed by atoms with E-state index in [0.29, 0.717) is 12.5 Å². The minimum atomic E-state index is -4.59. The Morgan fingerprint density at radius 3 is 2.35 bits per heavy atom. The van der Waals surface area contributed by atoms with Gasteiger partial charge in [-0.25, -0.2) is 13.1 Å². The van der Waals surface area contributed by atoms with Gasteiger partial charge in [-0.2, -0.15) is 13.2 Å². The maximum Gasteiger partial charge on any atom is 0.416 e. The van der Waals surface area contributed by atoms with Gasteiger partial charge in [-0.15, -0.1) is 11.6 Å². The van der Waals surface area contributed by atoms with Crippen LogP contribution in [-0.2, 0) is 16.2 Å². The van der Waals surface area contributed by atoms with Crippen LogP contribution in [0.4, 0.5) is 13.2 Å². The molecule has 0 unspecified atom stereocenters. The van der Waals surface area contributed by atoms with Crippen molar-refractivity contribution in [3.05, 3.63) is 29.8 Å². The van der Waals surface area contributed by atoms with Crippen molar-refractivity contribution >= 4 is 21.6 Å². The largest absolute Gasteiger partial charge is 0.416 e. The molecule has 1 rings (SSSR count). The molecule has 0 radical (unpaired) electrons. The highest BCUT2D eigenvalue weighted by Gasteiger charge is 2.32. The van der Waals surface area contributed by atoms with Crippen molar-refractivity contribution in [2.75, 3.05) is 5.88 Å². The lowest BCUT2D eigenvalue weighted by molar-refractivity contribution is -0.137. The van der Waals surface area contributed by atoms with E-state index in [1.165, 1.54) is 0 Å². The van der Waals surface area contributed by atoms with Crippen molar-refractivity contribution in [2.24, 2.45) is 0 Å². The van der Waals surface area contributed by atoms with Crippen LogP contribution in [0.5, 0.6) is 0 Å². The predicted molar refractivity (Wildman–Crippen MR) is 71.2 cm³/mol. The van der Waals surface area contributed by atoms with Crippen LogP contribution in [0.2, 0.25) is 0 Å². The van der Waals surface area contributed by atoms with Crippen LogP contribution in [-0.4, -0.2) is 19.8 Å². The van der Waals surface area contributed by atoms with E-state index in [2.05, 4.69) is 4.72 Å². The van der Waals surface area contributed by atoms with E-state index in [1.54, 1.807) is 13.8 Å². The van der Waals surface area contributed by atoms with Gasteiger partial charge in [0.2, 0.25) is 10.0 Å². The van der Waals surface area contributed by atoms with Crippen LogP contribution < -0.4 is 4.72 Å². The molecule has 114 valence electrons. The van der Waals surface area contributed by atoms with Crippen molar-refractivity contribution in [2.45, 2.75) is 36.9 Å². The van der Waals surface area contributed by atoms with Gasteiger partial charge in [0.05, 0.1) is 10.5 Å². The second-order valence-electron chi connectivity index (χ2n) is 4.95. The summed E-state index contributed by atoms with van der Waals surface area (Å²) in [6.07, 6.45) is -4.23. The molecule has 0 bridgehead atoms. The van der Waals surface area contributed by atoms with E-state index in [0.717, 1.165) is 18.2 Å². The minimum absolute atomic E-state index is 0.234. The molecule has 0 heterocycles. The topological polar surface area (TPSA) is 46.2 Å². The normalized spacial score (nSPS) is 13.5. The van der Waals surface area contributed by atoms with Gasteiger partial charge >= 0.3 is 6.18 Å². The van der Waals surface area contributed by atoms with E-state index >= 15 is 0 Å². The lowest BCUT2D eigenvalue weighted by atomic mass is 10.0. The molecule has 1 aromatic carbocycles. The first-order chi connectivity index (χ1) is 8.98. The Balaban J connectivity index is 3.11. The van der Waals surface area contributed by atoms with Gasteiger partial charge < -0.3 is 0 Å². The van der Waals surface area contributed by atoms with E-state index in [1.807, 2.05) is 0 Å². The lowest BCUT2D eigenvalue weighted by Gasteiger charge is -2.25. The molecule has 0 saturated carbocycles. The summed E-state index contributed by atoms with van der Waals surface area (Å²) >= 11 is 5.56. The van der Waals surface area contributed by atoms with Gasteiger partial charge in [0.1, 0.15) is 0 Å². The molecule has 20 heavy (non-hydrogen) atoms. The van der Waals surface area contributed by atoms with Gasteiger partial charge in [0.15, 0.2) is 0 Å². The van der Waals surface area contributed by atoms with Gasteiger partial charge in [-0.3, -0.25) is 0 Å². The summed E-state index contributed by atoms with van der Waals surface area (Å²) < 4.78 is 64.3. The fourth-order valence-electron chi connectivity index (χ4n) is 1.55. The van der Waals surface area contributed by atoms with E-state index < -0.39 is 32.2 Å². The molecule has 0 aliphatic heterocycles. The summed E-state index contributed by atoms with van der Waals surface area (Å²) in [5.74, 6) is 0.234. The first-order valence-electron chi connectivity index (χ1n) is 5.75. The molecule has 0 spiro atoms. The molecular weight excluding hydrogens is 315 g/mol. The van der Waals surface area contributed by atoms with Crippen LogP contribution in [0.1, 0.15) is 25.8 Å². The summed E-state index contributed by atoms with van der Waals surface area (Å²) in [7, 11) is -4.03. The number of hydrogen-bond donors (Lipinski definition) is 1. The van der Waals surface area contributed by atoms with Crippen molar-refractivity contribution in [3.8, 4) is 0 Å². The Labute approximate surface area is 121 Å². The highest BCUT2D eigenvalue weighted by atomic mass is 35.5. The van der Waals surface area contributed by atoms with Crippen LogP contribution in [0.15, 0.2) is 29.2 Å². The van der Waals surface area contributed by atoms with Crippen molar-refractivity contribution in [3.63, 3.8) is 0 Å². The molecule has 0 fully saturated rings. The molecule has 0 aliphatic rings. The number of sulfonamides is 1. The molecule has 1 aromatic rings. The first-order valence-corrected chi connectivity index (χ1v) is 7.77. The smallest absolute Gasteiger partial charge is 0.207 e. The zero-order valence-electron chi connectivity index (χ0n) is 11.0. The highest BCUT2D eigenvalue weighted by molar-refractivity contribution is 7.89. The Bertz CT molecular complexity index is 570. The highest BCUT2D eigenvalue weighted by Crippen LogP contribution is 2.30. The van der Waals surface area contributed by atoms with Crippen LogP contribution in [0.25, 0.3) is 0 Å². The Hall–Kier alpha value is -0.790. The Morgan fingerprint density at radius 1 is 1.25 bits per heavy atom. The van der Waals surface area contributed by atoms with Crippen molar-refractivity contribution in [1.82, 2.24) is 4.72 Å². The van der Waals surface area contributed by atoms with E-state index in [4.69, 9.17) is 11.6 Å². The second-order valence-corrected chi connectivity index (χ2v) is 7.01. The number of hydrogen-bond acceptors (Lipinski definition) is 2. The first kappa shape index (κ1) is 17.3. The minimum Gasteiger partial charge on any atom is -0.207 e. The standard InChI is InChI=1S/C12H15ClF3NO2S/c1-11(2,6-7-13)17-20(18,19)10-5-3-4-9(8-10)12(14,15)16/h3-5,8,17H,6-7H2,1-2H3. The number of nitrogens with one attached hydrogen (secondary N) is 1. The SMILES string of the molecule is CC(C)(CCCl)NS(=O)(=O)c1cccc(C(F)(F)F)c1. The molecule has 0 aliphatic carbocycles. The van der Waals surface area contributed by atoms with Gasteiger partial charge in [-0.05, 0) is 38.5 Å². The molecule has 0 aromatic heterocycles. The molecule has 8 heteroatoms. The van der Waals surface area contributed by atoms with Crippen molar-refractivity contribution < 1.29 is 21.6 Å². The molecule has 3 nitrogen and oxygen atoms in total. The summed E-state index contributed by atoms with van der Waals surface area (Å²) in [5, 5.41) is 0. The number of rotatable bonds is 5. The van der Waals surface area contributed by atoms with Crippen molar-refractivity contribution in [1.29, 1.82) is 0 Å². The molecular formula is C12H15ClF3NO2S. The Kier molecular flexibility index (Phi) is 5.10. The number of halogens is 4. The molecule has 1 N–H and O–H groups in total.